The monoisotopic (exact) mass is 730 g/mol. The Morgan fingerprint density at radius 1 is 0.885 bits per heavy atom. The number of methoxy groups -OCH3 is 2. The molecular formula is C41H71N5O6. The molecule has 0 spiro atoms. The van der Waals surface area contributed by atoms with Crippen LogP contribution in [-0.4, -0.2) is 122 Å². The van der Waals surface area contributed by atoms with Crippen molar-refractivity contribution in [3.8, 4) is 0 Å². The summed E-state index contributed by atoms with van der Waals surface area (Å²) in [6.45, 7) is 19.1. The van der Waals surface area contributed by atoms with Crippen LogP contribution >= 0.6 is 0 Å². The van der Waals surface area contributed by atoms with Crippen LogP contribution in [0, 0.1) is 23.7 Å². The van der Waals surface area contributed by atoms with Crippen LogP contribution in [0.5, 0.6) is 0 Å². The van der Waals surface area contributed by atoms with Gasteiger partial charge in [-0.25, -0.2) is 0 Å². The van der Waals surface area contributed by atoms with E-state index in [1.54, 1.807) is 38.1 Å². The van der Waals surface area contributed by atoms with Gasteiger partial charge in [-0.3, -0.25) is 19.2 Å². The van der Waals surface area contributed by atoms with E-state index in [2.05, 4.69) is 36.6 Å². The second kappa shape index (κ2) is 21.6. The third-order valence-corrected chi connectivity index (χ3v) is 11.0. The fraction of sp³-hybridized carbons (Fsp3) is 0.756. The second-order valence-electron chi connectivity index (χ2n) is 15.6. The van der Waals surface area contributed by atoms with E-state index >= 15 is 0 Å². The zero-order chi connectivity index (χ0) is 39.3. The molecule has 3 unspecified atom stereocenters. The number of rotatable bonds is 21. The Hall–Kier alpha value is -3.02. The molecule has 1 aromatic rings. The summed E-state index contributed by atoms with van der Waals surface area (Å²) in [7, 11) is 6.68. The SMILES string of the molecule is CCNC(C(=O)N(C)[C@H](C(=O)N(C)C([C@@H](C)CC)[C@@H](CC(=O)N1CCC[C@H]1[C@H](OC)[C@@H](C)C(=O)NC(C)Cc1ccccc1)OC)C(C)C)C(C)C. The molecule has 11 nitrogen and oxygen atoms in total. The quantitative estimate of drug-likeness (QED) is 0.187. The van der Waals surface area contributed by atoms with Gasteiger partial charge < -0.3 is 34.8 Å². The first-order chi connectivity index (χ1) is 24.5. The molecule has 0 aliphatic carbocycles. The number of ether oxygens (including phenoxy) is 2. The van der Waals surface area contributed by atoms with Crippen LogP contribution in [0.2, 0.25) is 0 Å². The Labute approximate surface area is 314 Å². The number of benzene rings is 1. The summed E-state index contributed by atoms with van der Waals surface area (Å²) in [6.07, 6.45) is 2.02. The summed E-state index contributed by atoms with van der Waals surface area (Å²) in [5, 5.41) is 6.44. The molecular weight excluding hydrogens is 658 g/mol. The van der Waals surface area contributed by atoms with Gasteiger partial charge >= 0.3 is 0 Å². The number of likely N-dealkylation sites (tertiary alicyclic amines) is 1. The summed E-state index contributed by atoms with van der Waals surface area (Å²) < 4.78 is 12.0. The molecule has 1 aromatic carbocycles. The standard InChI is InChI=1S/C41H71N5O6/c1-14-28(7)37(45(11)41(50)36(27(5)6)44(10)40(49)35(26(3)4)42-15-2)33(51-12)25-34(47)46-23-19-22-32(46)38(52-13)30(9)39(48)43-29(8)24-31-20-17-16-18-21-31/h16-18,20-21,26-30,32-33,35-38,42H,14-15,19,22-25H2,1-13H3,(H,43,48)/t28-,29?,30+,32-,33+,35?,36-,37?,38+/m0/s1. The number of carbonyl (C=O) groups excluding carboxylic acids is 4. The van der Waals surface area contributed by atoms with Crippen LogP contribution in [0.25, 0.3) is 0 Å². The maximum absolute atomic E-state index is 14.4. The Bertz CT molecular complexity index is 1260. The van der Waals surface area contributed by atoms with Crippen molar-refractivity contribution >= 4 is 23.6 Å². The highest BCUT2D eigenvalue weighted by molar-refractivity contribution is 5.90. The molecule has 1 aliphatic rings. The van der Waals surface area contributed by atoms with E-state index in [-0.39, 0.29) is 59.9 Å². The van der Waals surface area contributed by atoms with Gasteiger partial charge in [0.15, 0.2) is 0 Å². The molecule has 4 amide bonds. The van der Waals surface area contributed by atoms with Crippen molar-refractivity contribution in [3.05, 3.63) is 35.9 Å². The van der Waals surface area contributed by atoms with E-state index in [0.717, 1.165) is 31.2 Å². The third-order valence-electron chi connectivity index (χ3n) is 11.0. The van der Waals surface area contributed by atoms with Crippen LogP contribution < -0.4 is 10.6 Å². The number of carbonyl (C=O) groups is 4. The van der Waals surface area contributed by atoms with Crippen molar-refractivity contribution in [2.45, 2.75) is 137 Å². The van der Waals surface area contributed by atoms with Crippen molar-refractivity contribution in [3.63, 3.8) is 0 Å². The van der Waals surface area contributed by atoms with Gasteiger partial charge in [-0.05, 0) is 56.0 Å². The molecule has 9 atom stereocenters. The summed E-state index contributed by atoms with van der Waals surface area (Å²) in [5.74, 6) is -1.04. The fourth-order valence-electron chi connectivity index (χ4n) is 7.99. The third kappa shape index (κ3) is 11.7. The minimum absolute atomic E-state index is 0.00776. The number of amides is 4. The molecule has 0 saturated carbocycles. The molecule has 11 heteroatoms. The lowest BCUT2D eigenvalue weighted by Gasteiger charge is -2.42. The first-order valence-corrected chi connectivity index (χ1v) is 19.5. The number of hydrogen-bond acceptors (Lipinski definition) is 7. The molecule has 52 heavy (non-hydrogen) atoms. The van der Waals surface area contributed by atoms with Gasteiger partial charge in [0.2, 0.25) is 23.6 Å². The first-order valence-electron chi connectivity index (χ1n) is 19.5. The Morgan fingerprint density at radius 3 is 2.04 bits per heavy atom. The van der Waals surface area contributed by atoms with E-state index in [0.29, 0.717) is 13.1 Å². The lowest BCUT2D eigenvalue weighted by Crippen LogP contribution is -2.60. The Balaban J connectivity index is 2.26. The minimum Gasteiger partial charge on any atom is -0.379 e. The largest absolute Gasteiger partial charge is 0.379 e. The molecule has 1 heterocycles. The minimum atomic E-state index is -0.689. The van der Waals surface area contributed by atoms with Crippen molar-refractivity contribution in [2.75, 3.05) is 41.4 Å². The van der Waals surface area contributed by atoms with Crippen LogP contribution in [0.4, 0.5) is 0 Å². The first kappa shape index (κ1) is 45.1. The maximum atomic E-state index is 14.4. The predicted octanol–water partition coefficient (Wildman–Crippen LogP) is 4.77. The molecule has 0 radical (unpaired) electrons. The highest BCUT2D eigenvalue weighted by atomic mass is 16.5. The molecule has 0 bridgehead atoms. The Kier molecular flexibility index (Phi) is 18.8. The van der Waals surface area contributed by atoms with E-state index < -0.39 is 36.3 Å². The Morgan fingerprint density at radius 2 is 1.52 bits per heavy atom. The smallest absolute Gasteiger partial charge is 0.245 e. The van der Waals surface area contributed by atoms with E-state index in [4.69, 9.17) is 9.47 Å². The van der Waals surface area contributed by atoms with Crippen LogP contribution in [0.1, 0.15) is 93.6 Å². The van der Waals surface area contributed by atoms with Crippen molar-refractivity contribution < 1.29 is 28.7 Å². The molecule has 1 aliphatic heterocycles. The van der Waals surface area contributed by atoms with Gasteiger partial charge in [0.05, 0.1) is 42.7 Å². The van der Waals surface area contributed by atoms with Gasteiger partial charge in [-0.15, -0.1) is 0 Å². The predicted molar refractivity (Wildman–Crippen MR) is 208 cm³/mol. The summed E-state index contributed by atoms with van der Waals surface area (Å²) in [5.41, 5.74) is 1.15. The molecule has 1 saturated heterocycles. The molecule has 2 N–H and O–H groups in total. The topological polar surface area (TPSA) is 121 Å². The van der Waals surface area contributed by atoms with Crippen molar-refractivity contribution in [2.24, 2.45) is 23.7 Å². The number of nitrogens with one attached hydrogen (secondary N) is 2. The second-order valence-corrected chi connectivity index (χ2v) is 15.6. The van der Waals surface area contributed by atoms with Crippen molar-refractivity contribution in [1.29, 1.82) is 0 Å². The average Bonchev–Trinajstić information content (AvgIpc) is 3.59. The number of nitrogens with zero attached hydrogens (tertiary/aromatic N) is 3. The van der Waals surface area contributed by atoms with Gasteiger partial charge in [0.1, 0.15) is 6.04 Å². The average molecular weight is 730 g/mol. The van der Waals surface area contributed by atoms with Gasteiger partial charge in [-0.1, -0.05) is 92.1 Å². The molecule has 2 rings (SSSR count). The summed E-state index contributed by atoms with van der Waals surface area (Å²) >= 11 is 0. The van der Waals surface area contributed by atoms with Gasteiger partial charge in [0, 0.05) is 40.9 Å². The van der Waals surface area contributed by atoms with E-state index in [1.807, 2.05) is 71.6 Å². The fourth-order valence-corrected chi connectivity index (χ4v) is 7.99. The van der Waals surface area contributed by atoms with Gasteiger partial charge in [0.25, 0.3) is 0 Å². The molecule has 1 fully saturated rings. The van der Waals surface area contributed by atoms with Crippen LogP contribution in [0.3, 0.4) is 0 Å². The summed E-state index contributed by atoms with van der Waals surface area (Å²) in [6, 6.07) is 8.23. The maximum Gasteiger partial charge on any atom is 0.245 e. The van der Waals surface area contributed by atoms with Gasteiger partial charge in [-0.2, -0.15) is 0 Å². The molecule has 0 aromatic heterocycles. The highest BCUT2D eigenvalue weighted by Crippen LogP contribution is 2.30. The lowest BCUT2D eigenvalue weighted by atomic mass is 9.89. The number of hydrogen-bond donors (Lipinski definition) is 2. The normalized spacial score (nSPS) is 19.4. The van der Waals surface area contributed by atoms with E-state index in [1.165, 1.54) is 0 Å². The van der Waals surface area contributed by atoms with E-state index in [9.17, 15) is 19.2 Å². The lowest BCUT2D eigenvalue weighted by molar-refractivity contribution is -0.153. The van der Waals surface area contributed by atoms with Crippen molar-refractivity contribution in [1.82, 2.24) is 25.3 Å². The highest BCUT2D eigenvalue weighted by Gasteiger charge is 2.44. The zero-order valence-corrected chi connectivity index (χ0v) is 34.5. The van der Waals surface area contributed by atoms with Crippen LogP contribution in [-0.2, 0) is 35.1 Å². The zero-order valence-electron chi connectivity index (χ0n) is 34.5. The number of likely N-dealkylation sites (N-methyl/N-ethyl adjacent to an activating group) is 3. The van der Waals surface area contributed by atoms with Crippen LogP contribution in [0.15, 0.2) is 30.3 Å². The molecule has 296 valence electrons. The summed E-state index contributed by atoms with van der Waals surface area (Å²) in [4.78, 5) is 60.9.